The Morgan fingerprint density at radius 2 is 1.95 bits per heavy atom. The Morgan fingerprint density at radius 3 is 2.53 bits per heavy atom. The Morgan fingerprint density at radius 1 is 1.32 bits per heavy atom. The maximum atomic E-state index is 12.2. The number of carbonyl (C=O) groups is 1. The van der Waals surface area contributed by atoms with E-state index in [2.05, 4.69) is 0 Å². The van der Waals surface area contributed by atoms with Gasteiger partial charge in [0.25, 0.3) is 0 Å². The second-order valence-corrected chi connectivity index (χ2v) is 5.63. The van der Waals surface area contributed by atoms with Crippen molar-refractivity contribution in [3.05, 3.63) is 36.0 Å². The highest BCUT2D eigenvalue weighted by Crippen LogP contribution is 2.27. The number of hydrogen-bond acceptors (Lipinski definition) is 3. The lowest BCUT2D eigenvalue weighted by Gasteiger charge is -2.19. The van der Waals surface area contributed by atoms with E-state index in [4.69, 9.17) is 4.74 Å². The maximum Gasteiger partial charge on any atom is 0.419 e. The molecule has 19 heavy (non-hydrogen) atoms. The minimum absolute atomic E-state index is 0.435. The van der Waals surface area contributed by atoms with E-state index >= 15 is 0 Å². The molecule has 4 nitrogen and oxygen atoms in total. The first-order valence-electron chi connectivity index (χ1n) is 6.31. The lowest BCUT2D eigenvalue weighted by Crippen LogP contribution is -2.26. The molecule has 0 fully saturated rings. The van der Waals surface area contributed by atoms with Gasteiger partial charge in [-0.2, -0.15) is 0 Å². The Kier molecular flexibility index (Phi) is 3.37. The normalized spacial score (nSPS) is 13.5. The third kappa shape index (κ3) is 2.79. The van der Waals surface area contributed by atoms with Crippen LogP contribution in [0.1, 0.15) is 39.4 Å². The summed E-state index contributed by atoms with van der Waals surface area (Å²) in [4.78, 5) is 12.2. The van der Waals surface area contributed by atoms with Crippen LogP contribution in [0, 0.1) is 0 Å². The van der Waals surface area contributed by atoms with E-state index in [-0.39, 0.29) is 0 Å². The third-order valence-electron chi connectivity index (χ3n) is 2.78. The molecular weight excluding hydrogens is 242 g/mol. The molecule has 0 radical (unpaired) electrons. The highest BCUT2D eigenvalue weighted by molar-refractivity contribution is 5.92. The third-order valence-corrected chi connectivity index (χ3v) is 2.78. The van der Waals surface area contributed by atoms with Gasteiger partial charge in [-0.05, 0) is 33.8 Å². The fourth-order valence-electron chi connectivity index (χ4n) is 2.00. The summed E-state index contributed by atoms with van der Waals surface area (Å²) in [6.45, 7) is 7.16. The van der Waals surface area contributed by atoms with Crippen LogP contribution in [0.4, 0.5) is 4.79 Å². The molecule has 2 aromatic rings. The summed E-state index contributed by atoms with van der Waals surface area (Å²) in [5.74, 6) is 0. The zero-order valence-electron chi connectivity index (χ0n) is 11.7. The number of aromatic nitrogens is 1. The van der Waals surface area contributed by atoms with Crippen molar-refractivity contribution in [1.82, 2.24) is 4.57 Å². The largest absolute Gasteiger partial charge is 0.443 e. The van der Waals surface area contributed by atoms with Gasteiger partial charge in [0.15, 0.2) is 0 Å². The van der Waals surface area contributed by atoms with Gasteiger partial charge in [0.05, 0.1) is 11.6 Å². The molecule has 102 valence electrons. The van der Waals surface area contributed by atoms with Crippen molar-refractivity contribution in [3.8, 4) is 0 Å². The van der Waals surface area contributed by atoms with Gasteiger partial charge in [-0.25, -0.2) is 4.79 Å². The fourth-order valence-corrected chi connectivity index (χ4v) is 2.00. The molecule has 1 aromatic carbocycles. The van der Waals surface area contributed by atoms with E-state index < -0.39 is 17.8 Å². The number of ether oxygens (including phenoxy) is 1. The van der Waals surface area contributed by atoms with Crippen LogP contribution in [0.25, 0.3) is 10.9 Å². The molecule has 0 saturated heterocycles. The molecule has 1 heterocycles. The van der Waals surface area contributed by atoms with E-state index in [9.17, 15) is 9.90 Å². The topological polar surface area (TPSA) is 51.5 Å². The van der Waals surface area contributed by atoms with Crippen molar-refractivity contribution in [1.29, 1.82) is 0 Å². The SMILES string of the molecule is C[C@H](O)c1cn(C(=O)OC(C)(C)C)c2ccccc12. The molecule has 4 heteroatoms. The van der Waals surface area contributed by atoms with Crippen LogP contribution >= 0.6 is 0 Å². The van der Waals surface area contributed by atoms with Gasteiger partial charge in [-0.3, -0.25) is 4.57 Å². The fraction of sp³-hybridized carbons (Fsp3) is 0.400. The first kappa shape index (κ1) is 13.6. The van der Waals surface area contributed by atoms with Crippen LogP contribution in [0.2, 0.25) is 0 Å². The van der Waals surface area contributed by atoms with Crippen LogP contribution in [0.3, 0.4) is 0 Å². The zero-order chi connectivity index (χ0) is 14.2. The molecule has 0 spiro atoms. The van der Waals surface area contributed by atoms with Crippen molar-refractivity contribution in [2.45, 2.75) is 39.4 Å². The number of rotatable bonds is 1. The second-order valence-electron chi connectivity index (χ2n) is 5.63. The number of nitrogens with zero attached hydrogens (tertiary/aromatic N) is 1. The summed E-state index contributed by atoms with van der Waals surface area (Å²) in [6, 6.07) is 7.46. The first-order valence-corrected chi connectivity index (χ1v) is 6.31. The molecule has 2 rings (SSSR count). The lowest BCUT2D eigenvalue weighted by molar-refractivity contribution is 0.0544. The van der Waals surface area contributed by atoms with Crippen LogP contribution in [-0.4, -0.2) is 21.4 Å². The Labute approximate surface area is 112 Å². The van der Waals surface area contributed by atoms with Gasteiger partial charge in [-0.1, -0.05) is 18.2 Å². The van der Waals surface area contributed by atoms with Gasteiger partial charge in [0.1, 0.15) is 5.60 Å². The van der Waals surface area contributed by atoms with E-state index in [1.54, 1.807) is 13.1 Å². The van der Waals surface area contributed by atoms with Crippen molar-refractivity contribution < 1.29 is 14.6 Å². The van der Waals surface area contributed by atoms with Gasteiger partial charge in [0, 0.05) is 17.1 Å². The molecule has 0 aliphatic heterocycles. The number of benzene rings is 1. The van der Waals surface area contributed by atoms with E-state index in [0.29, 0.717) is 0 Å². The van der Waals surface area contributed by atoms with Crippen molar-refractivity contribution in [3.63, 3.8) is 0 Å². The van der Waals surface area contributed by atoms with E-state index in [1.165, 1.54) is 4.57 Å². The summed E-state index contributed by atoms with van der Waals surface area (Å²) >= 11 is 0. The van der Waals surface area contributed by atoms with Crippen LogP contribution < -0.4 is 0 Å². The highest BCUT2D eigenvalue weighted by Gasteiger charge is 2.21. The van der Waals surface area contributed by atoms with Crippen molar-refractivity contribution in [2.24, 2.45) is 0 Å². The molecule has 0 bridgehead atoms. The standard InChI is InChI=1S/C15H19NO3/c1-10(17)12-9-16(14(18)19-15(2,3)4)13-8-6-5-7-11(12)13/h5-10,17H,1-4H3/t10-/m0/s1. The quantitative estimate of drug-likeness (QED) is 0.855. The van der Waals surface area contributed by atoms with Gasteiger partial charge >= 0.3 is 6.09 Å². The Hall–Kier alpha value is -1.81. The Bertz CT molecular complexity index is 605. The molecular formula is C15H19NO3. The molecule has 0 unspecified atom stereocenters. The molecule has 0 aliphatic rings. The summed E-state index contributed by atoms with van der Waals surface area (Å²) < 4.78 is 6.81. The Balaban J connectivity index is 2.52. The number of aliphatic hydroxyl groups excluding tert-OH is 1. The van der Waals surface area contributed by atoms with Crippen molar-refractivity contribution in [2.75, 3.05) is 0 Å². The van der Waals surface area contributed by atoms with Crippen LogP contribution in [0.5, 0.6) is 0 Å². The van der Waals surface area contributed by atoms with Gasteiger partial charge in [0.2, 0.25) is 0 Å². The maximum absolute atomic E-state index is 12.2. The summed E-state index contributed by atoms with van der Waals surface area (Å²) in [5.41, 5.74) is 0.919. The number of hydrogen-bond donors (Lipinski definition) is 1. The number of fused-ring (bicyclic) bond motifs is 1. The average molecular weight is 261 g/mol. The van der Waals surface area contributed by atoms with E-state index in [1.807, 2.05) is 45.0 Å². The molecule has 1 aromatic heterocycles. The minimum Gasteiger partial charge on any atom is -0.443 e. The van der Waals surface area contributed by atoms with Gasteiger partial charge < -0.3 is 9.84 Å². The monoisotopic (exact) mass is 261 g/mol. The first-order chi connectivity index (χ1) is 8.79. The molecule has 1 atom stereocenters. The predicted molar refractivity (Wildman–Crippen MR) is 74.2 cm³/mol. The molecule has 0 saturated carbocycles. The molecule has 0 amide bonds. The molecule has 1 N–H and O–H groups in total. The van der Waals surface area contributed by atoms with Crippen molar-refractivity contribution >= 4 is 17.0 Å². The predicted octanol–water partition coefficient (Wildman–Crippen LogP) is 3.48. The summed E-state index contributed by atoms with van der Waals surface area (Å²) in [7, 11) is 0. The van der Waals surface area contributed by atoms with Crippen LogP contribution in [-0.2, 0) is 4.74 Å². The lowest BCUT2D eigenvalue weighted by atomic mass is 10.1. The van der Waals surface area contributed by atoms with E-state index in [0.717, 1.165) is 16.5 Å². The zero-order valence-corrected chi connectivity index (χ0v) is 11.7. The van der Waals surface area contributed by atoms with Gasteiger partial charge in [-0.15, -0.1) is 0 Å². The highest BCUT2D eigenvalue weighted by atomic mass is 16.6. The number of carbonyl (C=O) groups excluding carboxylic acids is 1. The summed E-state index contributed by atoms with van der Waals surface area (Å²) in [5, 5.41) is 10.6. The number of aliphatic hydroxyl groups is 1. The number of para-hydroxylation sites is 1. The smallest absolute Gasteiger partial charge is 0.419 e. The van der Waals surface area contributed by atoms with Crippen LogP contribution in [0.15, 0.2) is 30.5 Å². The minimum atomic E-state index is -0.631. The summed E-state index contributed by atoms with van der Waals surface area (Å²) in [6.07, 6.45) is 0.577. The molecule has 0 aliphatic carbocycles. The average Bonchev–Trinajstić information content (AvgIpc) is 2.66. The second kappa shape index (κ2) is 4.70.